The van der Waals surface area contributed by atoms with Gasteiger partial charge in [0.1, 0.15) is 5.75 Å². The second-order valence-corrected chi connectivity index (χ2v) is 6.27. The number of amides is 1. The molecule has 4 rings (SSSR count). The number of hydrogen-bond donors (Lipinski definition) is 1. The number of fused-ring (bicyclic) bond motifs is 2. The van der Waals surface area contributed by atoms with Gasteiger partial charge in [0.05, 0.1) is 11.3 Å². The monoisotopic (exact) mass is 319 g/mol. The molecule has 1 heterocycles. The van der Waals surface area contributed by atoms with E-state index >= 15 is 0 Å². The summed E-state index contributed by atoms with van der Waals surface area (Å²) >= 11 is 1.64. The molecule has 0 fully saturated rings. The van der Waals surface area contributed by atoms with Gasteiger partial charge in [0.25, 0.3) is 5.91 Å². The maximum Gasteiger partial charge on any atom is 0.259 e. The van der Waals surface area contributed by atoms with Crippen LogP contribution in [-0.4, -0.2) is 5.91 Å². The highest BCUT2D eigenvalue weighted by molar-refractivity contribution is 7.99. The molecular formula is C19H13NO2S. The minimum Gasteiger partial charge on any atom is -0.454 e. The van der Waals surface area contributed by atoms with Gasteiger partial charge in [-0.25, -0.2) is 0 Å². The van der Waals surface area contributed by atoms with E-state index in [0.717, 1.165) is 9.79 Å². The number of benzene rings is 3. The third-order valence-corrected chi connectivity index (χ3v) is 4.53. The van der Waals surface area contributed by atoms with Gasteiger partial charge in [-0.15, -0.1) is 0 Å². The summed E-state index contributed by atoms with van der Waals surface area (Å²) in [5, 5.41) is 2.88. The first kappa shape index (κ1) is 13.9. The van der Waals surface area contributed by atoms with E-state index in [2.05, 4.69) is 17.4 Å². The van der Waals surface area contributed by atoms with Gasteiger partial charge in [-0.05, 0) is 42.5 Å². The van der Waals surface area contributed by atoms with E-state index < -0.39 is 0 Å². The molecule has 1 N–H and O–H groups in total. The Morgan fingerprint density at radius 2 is 1.57 bits per heavy atom. The van der Waals surface area contributed by atoms with Crippen molar-refractivity contribution in [2.45, 2.75) is 9.79 Å². The maximum absolute atomic E-state index is 12.3. The van der Waals surface area contributed by atoms with Crippen LogP contribution in [0.1, 0.15) is 10.4 Å². The van der Waals surface area contributed by atoms with Gasteiger partial charge < -0.3 is 10.1 Å². The Morgan fingerprint density at radius 1 is 0.783 bits per heavy atom. The molecule has 3 aromatic rings. The predicted molar refractivity (Wildman–Crippen MR) is 91.5 cm³/mol. The maximum atomic E-state index is 12.3. The van der Waals surface area contributed by atoms with Crippen molar-refractivity contribution in [1.29, 1.82) is 0 Å². The van der Waals surface area contributed by atoms with Crippen molar-refractivity contribution in [1.82, 2.24) is 0 Å². The fourth-order valence-corrected chi connectivity index (χ4v) is 3.30. The van der Waals surface area contributed by atoms with Crippen LogP contribution in [-0.2, 0) is 0 Å². The Balaban J connectivity index is 1.71. The van der Waals surface area contributed by atoms with Crippen molar-refractivity contribution in [2.75, 3.05) is 5.32 Å². The number of rotatable bonds is 2. The van der Waals surface area contributed by atoms with Gasteiger partial charge in [0.2, 0.25) is 0 Å². The molecule has 3 nitrogen and oxygen atoms in total. The van der Waals surface area contributed by atoms with Gasteiger partial charge in [-0.2, -0.15) is 0 Å². The summed E-state index contributed by atoms with van der Waals surface area (Å²) in [7, 11) is 0. The Hall–Kier alpha value is -2.72. The molecular weight excluding hydrogens is 306 g/mol. The lowest BCUT2D eigenvalue weighted by atomic mass is 10.2. The average molecular weight is 319 g/mol. The summed E-state index contributed by atoms with van der Waals surface area (Å²) in [6.45, 7) is 0. The molecule has 1 aliphatic rings. The molecule has 3 aromatic carbocycles. The molecule has 0 radical (unpaired) electrons. The highest BCUT2D eigenvalue weighted by Gasteiger charge is 2.20. The smallest absolute Gasteiger partial charge is 0.259 e. The number of hydrogen-bond acceptors (Lipinski definition) is 3. The molecule has 0 aromatic heterocycles. The molecule has 0 saturated heterocycles. The van der Waals surface area contributed by atoms with E-state index in [1.165, 1.54) is 0 Å². The van der Waals surface area contributed by atoms with Crippen molar-refractivity contribution in [3.05, 3.63) is 78.4 Å². The predicted octanol–water partition coefficient (Wildman–Crippen LogP) is 5.20. The van der Waals surface area contributed by atoms with Crippen molar-refractivity contribution >= 4 is 23.4 Å². The number of carbonyl (C=O) groups excluding carboxylic acids is 1. The first-order valence-corrected chi connectivity index (χ1v) is 8.06. The summed E-state index contributed by atoms with van der Waals surface area (Å²) in [6, 6.07) is 23.2. The van der Waals surface area contributed by atoms with E-state index in [1.807, 2.05) is 60.7 Å². The van der Waals surface area contributed by atoms with Crippen LogP contribution < -0.4 is 10.1 Å². The first-order valence-electron chi connectivity index (χ1n) is 7.25. The molecule has 0 saturated carbocycles. The zero-order chi connectivity index (χ0) is 15.6. The van der Waals surface area contributed by atoms with Crippen molar-refractivity contribution in [3.8, 4) is 11.5 Å². The summed E-state index contributed by atoms with van der Waals surface area (Å²) in [5.74, 6) is 1.08. The molecule has 4 heteroatoms. The number of carbonyl (C=O) groups is 1. The number of ether oxygens (including phenoxy) is 1. The molecule has 0 aliphatic carbocycles. The zero-order valence-electron chi connectivity index (χ0n) is 12.2. The quantitative estimate of drug-likeness (QED) is 0.706. The topological polar surface area (TPSA) is 38.3 Å². The third kappa shape index (κ3) is 2.81. The number of anilines is 1. The van der Waals surface area contributed by atoms with Gasteiger partial charge in [0, 0.05) is 9.79 Å². The summed E-state index contributed by atoms with van der Waals surface area (Å²) < 4.78 is 5.95. The lowest BCUT2D eigenvalue weighted by Crippen LogP contribution is -2.10. The third-order valence-electron chi connectivity index (χ3n) is 3.53. The van der Waals surface area contributed by atoms with Crippen molar-refractivity contribution in [2.24, 2.45) is 0 Å². The fraction of sp³-hybridized carbons (Fsp3) is 0. The Bertz CT molecular complexity index is 878. The normalized spacial score (nSPS) is 12.4. The highest BCUT2D eigenvalue weighted by Crippen LogP contribution is 2.38. The Labute approximate surface area is 138 Å². The van der Waals surface area contributed by atoms with Crippen molar-refractivity contribution in [3.63, 3.8) is 0 Å². The van der Waals surface area contributed by atoms with Gasteiger partial charge in [-0.3, -0.25) is 4.79 Å². The van der Waals surface area contributed by atoms with E-state index in [1.54, 1.807) is 11.8 Å². The van der Waals surface area contributed by atoms with E-state index in [9.17, 15) is 4.79 Å². The number of para-hydroxylation sites is 2. The molecule has 23 heavy (non-hydrogen) atoms. The summed E-state index contributed by atoms with van der Waals surface area (Å²) in [5.41, 5.74) is 1.23. The van der Waals surface area contributed by atoms with Crippen LogP contribution in [0.25, 0.3) is 0 Å². The van der Waals surface area contributed by atoms with Crippen molar-refractivity contribution < 1.29 is 9.53 Å². The lowest BCUT2D eigenvalue weighted by molar-refractivity contribution is 0.102. The average Bonchev–Trinajstić information content (AvgIpc) is 2.71. The summed E-state index contributed by atoms with van der Waals surface area (Å²) in [4.78, 5) is 14.5. The molecule has 0 atom stereocenters. The minimum atomic E-state index is -0.152. The summed E-state index contributed by atoms with van der Waals surface area (Å²) in [6.07, 6.45) is 0. The van der Waals surface area contributed by atoms with Crippen LogP contribution >= 0.6 is 11.8 Å². The van der Waals surface area contributed by atoms with Crippen LogP contribution in [0.4, 0.5) is 5.69 Å². The van der Waals surface area contributed by atoms with E-state index in [4.69, 9.17) is 4.74 Å². The molecule has 112 valence electrons. The molecule has 0 unspecified atom stereocenters. The van der Waals surface area contributed by atoms with E-state index in [-0.39, 0.29) is 5.91 Å². The lowest BCUT2D eigenvalue weighted by Gasteiger charge is -2.09. The molecule has 0 spiro atoms. The molecule has 1 amide bonds. The van der Waals surface area contributed by atoms with Crippen LogP contribution in [0.2, 0.25) is 0 Å². The molecule has 0 bridgehead atoms. The Morgan fingerprint density at radius 3 is 2.43 bits per heavy atom. The van der Waals surface area contributed by atoms with Crippen LogP contribution in [0, 0.1) is 0 Å². The van der Waals surface area contributed by atoms with Gasteiger partial charge in [0.15, 0.2) is 5.75 Å². The van der Waals surface area contributed by atoms with Crippen LogP contribution in [0.15, 0.2) is 82.6 Å². The van der Waals surface area contributed by atoms with Gasteiger partial charge >= 0.3 is 0 Å². The zero-order valence-corrected chi connectivity index (χ0v) is 13.0. The second-order valence-electron chi connectivity index (χ2n) is 5.13. The largest absolute Gasteiger partial charge is 0.454 e. The van der Waals surface area contributed by atoms with E-state index in [0.29, 0.717) is 22.7 Å². The minimum absolute atomic E-state index is 0.152. The van der Waals surface area contributed by atoms with Gasteiger partial charge in [-0.1, -0.05) is 42.1 Å². The second kappa shape index (κ2) is 5.82. The van der Waals surface area contributed by atoms with Crippen LogP contribution in [0.3, 0.4) is 0 Å². The first-order chi connectivity index (χ1) is 11.3. The highest BCUT2D eigenvalue weighted by atomic mass is 32.2. The fourth-order valence-electron chi connectivity index (χ4n) is 2.43. The van der Waals surface area contributed by atoms with Crippen LogP contribution in [0.5, 0.6) is 11.5 Å². The SMILES string of the molecule is O=C1Nc2ccccc2Oc2cc(Sc3ccccc3)ccc21. The number of nitrogens with one attached hydrogen (secondary N) is 1. The molecule has 1 aliphatic heterocycles. The Kier molecular flexibility index (Phi) is 3.52. The standard InChI is InChI=1S/C19H13NO2S/c21-19-15-11-10-14(23-13-6-2-1-3-7-13)12-18(15)22-17-9-5-4-8-16(17)20-19/h1-12H,(H,20,21).